The Bertz CT molecular complexity index is 1230. The molecule has 0 N–H and O–H groups in total. The molecule has 1 aromatic heterocycles. The molecule has 5 nitrogen and oxygen atoms in total. The number of fused-ring (bicyclic) bond motifs is 1. The molecule has 3 aromatic carbocycles. The van der Waals surface area contributed by atoms with Gasteiger partial charge >= 0.3 is 0 Å². The van der Waals surface area contributed by atoms with E-state index in [1.165, 1.54) is 11.8 Å². The molecule has 0 unspecified atom stereocenters. The summed E-state index contributed by atoms with van der Waals surface area (Å²) in [6.45, 7) is 0. The molecule has 0 saturated heterocycles. The van der Waals surface area contributed by atoms with E-state index in [2.05, 4.69) is 0 Å². The van der Waals surface area contributed by atoms with Gasteiger partial charge in [-0.2, -0.15) is 0 Å². The zero-order valence-corrected chi connectivity index (χ0v) is 18.0. The minimum Gasteiger partial charge on any atom is -0.497 e. The monoisotopic (exact) mass is 438 g/mol. The van der Waals surface area contributed by atoms with Gasteiger partial charge in [0, 0.05) is 29.0 Å². The van der Waals surface area contributed by atoms with Crippen LogP contribution >= 0.6 is 23.4 Å². The molecule has 0 aliphatic heterocycles. The third kappa shape index (κ3) is 4.15. The quantitative estimate of drug-likeness (QED) is 0.300. The number of para-hydroxylation sites is 1. The average molecular weight is 439 g/mol. The highest BCUT2D eigenvalue weighted by atomic mass is 35.5. The lowest BCUT2D eigenvalue weighted by Crippen LogP contribution is -2.21. The van der Waals surface area contributed by atoms with Gasteiger partial charge in [0.25, 0.3) is 5.56 Å². The number of ether oxygens (including phenoxy) is 2. The highest BCUT2D eigenvalue weighted by Crippen LogP contribution is 2.29. The number of benzene rings is 3. The second-order valence-corrected chi connectivity index (χ2v) is 7.92. The summed E-state index contributed by atoms with van der Waals surface area (Å²) in [6.07, 6.45) is 0. The fourth-order valence-electron chi connectivity index (χ4n) is 3.09. The van der Waals surface area contributed by atoms with Gasteiger partial charge in [-0.15, -0.1) is 0 Å². The molecule has 7 heteroatoms. The lowest BCUT2D eigenvalue weighted by atomic mass is 10.2. The zero-order chi connectivity index (χ0) is 21.1. The van der Waals surface area contributed by atoms with Crippen molar-refractivity contribution in [2.45, 2.75) is 10.9 Å². The minimum absolute atomic E-state index is 0.144. The number of thioether (sulfide) groups is 1. The lowest BCUT2D eigenvalue weighted by molar-refractivity contribution is 0.394. The average Bonchev–Trinajstić information content (AvgIpc) is 2.78. The van der Waals surface area contributed by atoms with Gasteiger partial charge in [-0.3, -0.25) is 9.36 Å². The summed E-state index contributed by atoms with van der Waals surface area (Å²) in [6, 6.07) is 20.3. The van der Waals surface area contributed by atoms with E-state index in [4.69, 9.17) is 26.1 Å². The van der Waals surface area contributed by atoms with E-state index in [9.17, 15) is 4.79 Å². The van der Waals surface area contributed by atoms with Crippen LogP contribution in [0.4, 0.5) is 0 Å². The zero-order valence-electron chi connectivity index (χ0n) is 16.5. The summed E-state index contributed by atoms with van der Waals surface area (Å²) >= 11 is 7.47. The van der Waals surface area contributed by atoms with Crippen molar-refractivity contribution >= 4 is 34.3 Å². The number of halogens is 1. The van der Waals surface area contributed by atoms with Crippen LogP contribution in [0.15, 0.2) is 76.7 Å². The standard InChI is InChI=1S/C23H19ClN2O3S/c1-28-18-11-17(12-19(13-18)29-2)26-22(27)20-5-3-4-6-21(20)25-23(26)30-14-15-7-9-16(24)10-8-15/h3-13H,14H2,1-2H3. The molecule has 0 aliphatic carbocycles. The molecule has 4 rings (SSSR count). The Kier molecular flexibility index (Phi) is 5.97. The Hall–Kier alpha value is -2.96. The maximum absolute atomic E-state index is 13.4. The summed E-state index contributed by atoms with van der Waals surface area (Å²) in [7, 11) is 3.16. The second-order valence-electron chi connectivity index (χ2n) is 6.54. The van der Waals surface area contributed by atoms with Crippen molar-refractivity contribution in [3.05, 3.63) is 87.7 Å². The van der Waals surface area contributed by atoms with Crippen LogP contribution in [0.5, 0.6) is 11.5 Å². The van der Waals surface area contributed by atoms with E-state index in [0.717, 1.165) is 5.56 Å². The normalized spacial score (nSPS) is 10.9. The minimum atomic E-state index is -0.144. The predicted octanol–water partition coefficient (Wildman–Crippen LogP) is 5.35. The van der Waals surface area contributed by atoms with Crippen molar-refractivity contribution in [2.24, 2.45) is 0 Å². The van der Waals surface area contributed by atoms with Gasteiger partial charge in [0.1, 0.15) is 11.5 Å². The first-order valence-electron chi connectivity index (χ1n) is 9.21. The van der Waals surface area contributed by atoms with Crippen LogP contribution in [0.3, 0.4) is 0 Å². The Morgan fingerprint density at radius 1 is 0.967 bits per heavy atom. The summed E-state index contributed by atoms with van der Waals surface area (Å²) in [5, 5.41) is 1.83. The number of rotatable bonds is 6. The summed E-state index contributed by atoms with van der Waals surface area (Å²) in [5.41, 5.74) is 2.23. The van der Waals surface area contributed by atoms with Crippen molar-refractivity contribution < 1.29 is 9.47 Å². The van der Waals surface area contributed by atoms with Gasteiger partial charge in [0.2, 0.25) is 0 Å². The van der Waals surface area contributed by atoms with E-state index in [0.29, 0.717) is 44.0 Å². The van der Waals surface area contributed by atoms with Crippen LogP contribution in [0, 0.1) is 0 Å². The maximum atomic E-state index is 13.4. The van der Waals surface area contributed by atoms with Crippen molar-refractivity contribution in [1.29, 1.82) is 0 Å². The van der Waals surface area contributed by atoms with E-state index in [-0.39, 0.29) is 5.56 Å². The molecule has 0 radical (unpaired) electrons. The lowest BCUT2D eigenvalue weighted by Gasteiger charge is -2.15. The van der Waals surface area contributed by atoms with Gasteiger partial charge < -0.3 is 9.47 Å². The van der Waals surface area contributed by atoms with Crippen molar-refractivity contribution in [3.63, 3.8) is 0 Å². The van der Waals surface area contributed by atoms with Gasteiger partial charge in [-0.1, -0.05) is 47.6 Å². The molecular formula is C23H19ClN2O3S. The summed E-state index contributed by atoms with van der Waals surface area (Å²) in [4.78, 5) is 18.2. The third-order valence-corrected chi connectivity index (χ3v) is 5.88. The number of methoxy groups -OCH3 is 2. The van der Waals surface area contributed by atoms with Crippen molar-refractivity contribution in [1.82, 2.24) is 9.55 Å². The highest BCUT2D eigenvalue weighted by molar-refractivity contribution is 7.98. The fourth-order valence-corrected chi connectivity index (χ4v) is 4.18. The molecule has 0 fully saturated rings. The Morgan fingerprint density at radius 2 is 1.63 bits per heavy atom. The third-order valence-electron chi connectivity index (χ3n) is 4.62. The highest BCUT2D eigenvalue weighted by Gasteiger charge is 2.15. The largest absolute Gasteiger partial charge is 0.497 e. The molecule has 30 heavy (non-hydrogen) atoms. The molecule has 0 aliphatic rings. The molecule has 0 bridgehead atoms. The predicted molar refractivity (Wildman–Crippen MR) is 121 cm³/mol. The Morgan fingerprint density at radius 3 is 2.30 bits per heavy atom. The second kappa shape index (κ2) is 8.81. The van der Waals surface area contributed by atoms with E-state index in [1.807, 2.05) is 42.5 Å². The van der Waals surface area contributed by atoms with Crippen molar-refractivity contribution in [2.75, 3.05) is 14.2 Å². The first kappa shape index (κ1) is 20.3. The van der Waals surface area contributed by atoms with Gasteiger partial charge in [-0.05, 0) is 29.8 Å². The van der Waals surface area contributed by atoms with Gasteiger partial charge in [0.15, 0.2) is 5.16 Å². The number of aromatic nitrogens is 2. The van der Waals surface area contributed by atoms with E-state index >= 15 is 0 Å². The fraction of sp³-hybridized carbons (Fsp3) is 0.130. The van der Waals surface area contributed by atoms with E-state index < -0.39 is 0 Å². The van der Waals surface area contributed by atoms with Crippen LogP contribution in [-0.2, 0) is 5.75 Å². The van der Waals surface area contributed by atoms with Crippen LogP contribution in [0.1, 0.15) is 5.56 Å². The smallest absolute Gasteiger partial charge is 0.266 e. The molecule has 0 spiro atoms. The first-order chi connectivity index (χ1) is 14.6. The SMILES string of the molecule is COc1cc(OC)cc(-n2c(SCc3ccc(Cl)cc3)nc3ccccc3c2=O)c1. The van der Waals surface area contributed by atoms with Crippen LogP contribution < -0.4 is 15.0 Å². The van der Waals surface area contributed by atoms with Crippen LogP contribution in [0.2, 0.25) is 5.02 Å². The number of hydrogen-bond donors (Lipinski definition) is 0. The first-order valence-corrected chi connectivity index (χ1v) is 10.6. The Balaban J connectivity index is 1.86. The molecule has 152 valence electrons. The van der Waals surface area contributed by atoms with Gasteiger partial charge in [-0.25, -0.2) is 4.98 Å². The topological polar surface area (TPSA) is 53.4 Å². The molecule has 0 atom stereocenters. The van der Waals surface area contributed by atoms with Crippen molar-refractivity contribution in [3.8, 4) is 17.2 Å². The maximum Gasteiger partial charge on any atom is 0.266 e. The molecular weight excluding hydrogens is 420 g/mol. The molecule has 0 amide bonds. The summed E-state index contributed by atoms with van der Waals surface area (Å²) < 4.78 is 12.4. The Labute approximate surface area is 183 Å². The van der Waals surface area contributed by atoms with Gasteiger partial charge in [0.05, 0.1) is 30.8 Å². The van der Waals surface area contributed by atoms with Crippen LogP contribution in [0.25, 0.3) is 16.6 Å². The molecule has 0 saturated carbocycles. The van der Waals surface area contributed by atoms with E-state index in [1.54, 1.807) is 43.1 Å². The summed E-state index contributed by atoms with van der Waals surface area (Å²) in [5.74, 6) is 1.83. The molecule has 4 aromatic rings. The number of nitrogens with zero attached hydrogens (tertiary/aromatic N) is 2. The molecule has 1 heterocycles. The van der Waals surface area contributed by atoms with Crippen LogP contribution in [-0.4, -0.2) is 23.8 Å². The number of hydrogen-bond acceptors (Lipinski definition) is 5.